The summed E-state index contributed by atoms with van der Waals surface area (Å²) in [6.07, 6.45) is 10.6. The molecule has 3 rings (SSSR count). The van der Waals surface area contributed by atoms with Crippen LogP contribution in [0.4, 0.5) is 17.1 Å². The first-order chi connectivity index (χ1) is 13.3. The third kappa shape index (κ3) is 5.13. The maximum atomic E-state index is 11.8. The van der Waals surface area contributed by atoms with Crippen molar-refractivity contribution in [3.05, 3.63) is 69.5 Å². The summed E-state index contributed by atoms with van der Waals surface area (Å²) in [4.78, 5) is 31.4. The molecule has 0 aliphatic carbocycles. The van der Waals surface area contributed by atoms with Crippen molar-refractivity contribution in [2.45, 2.75) is 25.7 Å². The normalized spacial score (nSPS) is 10.7. The van der Waals surface area contributed by atoms with Gasteiger partial charge in [0.05, 0.1) is 12.8 Å². The molecule has 7 heteroatoms. The first-order valence-corrected chi connectivity index (χ1v) is 9.03. The number of unbranched alkanes of at least 4 members (excludes halogenated alkanes) is 3. The second kappa shape index (κ2) is 9.47. The van der Waals surface area contributed by atoms with Crippen LogP contribution in [-0.4, -0.2) is 23.1 Å². The predicted molar refractivity (Wildman–Crippen MR) is 106 cm³/mol. The molecule has 2 aromatic heterocycles. The van der Waals surface area contributed by atoms with E-state index in [1.54, 1.807) is 36.9 Å². The van der Waals surface area contributed by atoms with E-state index in [4.69, 9.17) is 4.74 Å². The van der Waals surface area contributed by atoms with Gasteiger partial charge in [-0.1, -0.05) is 12.8 Å². The molecule has 7 nitrogen and oxygen atoms in total. The van der Waals surface area contributed by atoms with E-state index in [1.807, 2.05) is 12.1 Å². The highest BCUT2D eigenvalue weighted by Gasteiger charge is 2.20. The zero-order valence-electron chi connectivity index (χ0n) is 15.0. The molecule has 1 aromatic carbocycles. The number of pyridine rings is 2. The quantitative estimate of drug-likeness (QED) is 0.398. The summed E-state index contributed by atoms with van der Waals surface area (Å²) in [6, 6.07) is 7.22. The van der Waals surface area contributed by atoms with E-state index in [0.717, 1.165) is 37.1 Å². The monoisotopic (exact) mass is 366 g/mol. The fourth-order valence-corrected chi connectivity index (χ4v) is 2.68. The van der Waals surface area contributed by atoms with Crippen molar-refractivity contribution < 1.29 is 4.74 Å². The van der Waals surface area contributed by atoms with Crippen molar-refractivity contribution in [3.63, 3.8) is 0 Å². The topological polar surface area (TPSA) is 93.2 Å². The van der Waals surface area contributed by atoms with Crippen molar-refractivity contribution >= 4 is 17.1 Å². The predicted octanol–water partition coefficient (Wildman–Crippen LogP) is 2.87. The lowest BCUT2D eigenvalue weighted by molar-refractivity contribution is 0.304. The van der Waals surface area contributed by atoms with E-state index in [-0.39, 0.29) is 0 Å². The number of rotatable bonds is 11. The molecule has 0 fully saturated rings. The van der Waals surface area contributed by atoms with Gasteiger partial charge in [0, 0.05) is 30.8 Å². The Labute approximate surface area is 157 Å². The van der Waals surface area contributed by atoms with Crippen molar-refractivity contribution in [2.24, 2.45) is 0 Å². The SMILES string of the molecule is O=c1c(NCCCCCCOc2cccnc2)c(Nc2ccncc2)c1=O. The van der Waals surface area contributed by atoms with Crippen LogP contribution in [-0.2, 0) is 0 Å². The van der Waals surface area contributed by atoms with Crippen molar-refractivity contribution in [3.8, 4) is 5.75 Å². The third-order valence-corrected chi connectivity index (χ3v) is 4.14. The molecule has 0 aliphatic rings. The van der Waals surface area contributed by atoms with Crippen molar-refractivity contribution in [1.29, 1.82) is 0 Å². The lowest BCUT2D eigenvalue weighted by atomic mass is 10.1. The maximum absolute atomic E-state index is 11.8. The van der Waals surface area contributed by atoms with Gasteiger partial charge in [-0.3, -0.25) is 19.6 Å². The van der Waals surface area contributed by atoms with E-state index in [0.29, 0.717) is 24.5 Å². The highest BCUT2D eigenvalue weighted by Crippen LogP contribution is 2.20. The Balaban J connectivity index is 1.33. The van der Waals surface area contributed by atoms with Gasteiger partial charge in [-0.05, 0) is 37.1 Å². The van der Waals surface area contributed by atoms with Crippen molar-refractivity contribution in [1.82, 2.24) is 9.97 Å². The fraction of sp³-hybridized carbons (Fsp3) is 0.300. The molecular formula is C20H22N4O3. The highest BCUT2D eigenvalue weighted by molar-refractivity contribution is 5.78. The number of anilines is 3. The number of ether oxygens (including phenoxy) is 1. The molecule has 0 unspecified atom stereocenters. The van der Waals surface area contributed by atoms with Crippen LogP contribution in [0.2, 0.25) is 0 Å². The number of hydrogen-bond donors (Lipinski definition) is 2. The number of nitrogens with one attached hydrogen (secondary N) is 2. The average Bonchev–Trinajstić information content (AvgIpc) is 2.72. The molecule has 0 radical (unpaired) electrons. The molecule has 0 amide bonds. The van der Waals surface area contributed by atoms with Gasteiger partial charge in [0.1, 0.15) is 17.1 Å². The largest absolute Gasteiger partial charge is 0.492 e. The molecule has 0 atom stereocenters. The van der Waals surface area contributed by atoms with Gasteiger partial charge >= 0.3 is 0 Å². The van der Waals surface area contributed by atoms with Crippen LogP contribution in [0.5, 0.6) is 5.75 Å². The van der Waals surface area contributed by atoms with E-state index in [2.05, 4.69) is 20.6 Å². The van der Waals surface area contributed by atoms with Crippen molar-refractivity contribution in [2.75, 3.05) is 23.8 Å². The van der Waals surface area contributed by atoms with Crippen LogP contribution in [0.1, 0.15) is 25.7 Å². The summed E-state index contributed by atoms with van der Waals surface area (Å²) in [5.74, 6) is 0.786. The second-order valence-corrected chi connectivity index (χ2v) is 6.15. The first-order valence-electron chi connectivity index (χ1n) is 9.03. The summed E-state index contributed by atoms with van der Waals surface area (Å²) in [5, 5.41) is 6.06. The fourth-order valence-electron chi connectivity index (χ4n) is 2.68. The summed E-state index contributed by atoms with van der Waals surface area (Å²) in [7, 11) is 0. The Morgan fingerprint density at radius 2 is 1.63 bits per heavy atom. The molecule has 0 saturated heterocycles. The van der Waals surface area contributed by atoms with E-state index in [1.165, 1.54) is 0 Å². The van der Waals surface area contributed by atoms with Gasteiger partial charge in [-0.25, -0.2) is 0 Å². The molecule has 0 aliphatic heterocycles. The number of aromatic nitrogens is 2. The Hall–Kier alpha value is -3.22. The summed E-state index contributed by atoms with van der Waals surface area (Å²) in [5.41, 5.74) is 0.486. The Morgan fingerprint density at radius 1 is 0.852 bits per heavy atom. The van der Waals surface area contributed by atoms with Gasteiger partial charge in [-0.2, -0.15) is 0 Å². The molecule has 2 heterocycles. The Morgan fingerprint density at radius 3 is 2.41 bits per heavy atom. The van der Waals surface area contributed by atoms with E-state index in [9.17, 15) is 9.59 Å². The van der Waals surface area contributed by atoms with Gasteiger partial charge in [0.15, 0.2) is 0 Å². The van der Waals surface area contributed by atoms with E-state index >= 15 is 0 Å². The van der Waals surface area contributed by atoms with Crippen LogP contribution in [0.3, 0.4) is 0 Å². The molecule has 0 saturated carbocycles. The lowest BCUT2D eigenvalue weighted by Crippen LogP contribution is -2.36. The number of nitrogens with zero attached hydrogens (tertiary/aromatic N) is 2. The Bertz CT molecular complexity index is 906. The van der Waals surface area contributed by atoms with Crippen LogP contribution in [0, 0.1) is 0 Å². The zero-order valence-corrected chi connectivity index (χ0v) is 15.0. The van der Waals surface area contributed by atoms with Gasteiger partial charge in [-0.15, -0.1) is 0 Å². The third-order valence-electron chi connectivity index (χ3n) is 4.14. The smallest absolute Gasteiger partial charge is 0.253 e. The van der Waals surface area contributed by atoms with Crippen LogP contribution in [0.25, 0.3) is 0 Å². The minimum Gasteiger partial charge on any atom is -0.492 e. The molecule has 3 aromatic rings. The molecule has 0 spiro atoms. The summed E-state index contributed by atoms with van der Waals surface area (Å²) >= 11 is 0. The minimum atomic E-state index is -0.484. The zero-order chi connectivity index (χ0) is 18.9. The molecular weight excluding hydrogens is 344 g/mol. The van der Waals surface area contributed by atoms with Gasteiger partial charge < -0.3 is 15.4 Å². The molecule has 0 bridgehead atoms. The first kappa shape index (κ1) is 18.6. The minimum absolute atomic E-state index is 0.330. The Kier molecular flexibility index (Phi) is 6.51. The number of hydrogen-bond acceptors (Lipinski definition) is 7. The molecule has 27 heavy (non-hydrogen) atoms. The average molecular weight is 366 g/mol. The van der Waals surface area contributed by atoms with Crippen LogP contribution < -0.4 is 26.2 Å². The lowest BCUT2D eigenvalue weighted by Gasteiger charge is -2.14. The van der Waals surface area contributed by atoms with Gasteiger partial charge in [0.25, 0.3) is 10.9 Å². The van der Waals surface area contributed by atoms with E-state index < -0.39 is 10.9 Å². The van der Waals surface area contributed by atoms with Crippen LogP contribution >= 0.6 is 0 Å². The summed E-state index contributed by atoms with van der Waals surface area (Å²) < 4.78 is 5.59. The molecule has 2 N–H and O–H groups in total. The second-order valence-electron chi connectivity index (χ2n) is 6.15. The molecule has 140 valence electrons. The van der Waals surface area contributed by atoms with Gasteiger partial charge in [0.2, 0.25) is 0 Å². The maximum Gasteiger partial charge on any atom is 0.253 e. The summed E-state index contributed by atoms with van der Waals surface area (Å²) in [6.45, 7) is 1.32. The van der Waals surface area contributed by atoms with Crippen LogP contribution in [0.15, 0.2) is 58.6 Å². The highest BCUT2D eigenvalue weighted by atomic mass is 16.5. The standard InChI is InChI=1S/C20H22N4O3/c25-19-17(18(20(19)26)24-15-7-11-21-12-8-15)23-10-3-1-2-4-13-27-16-6-5-9-22-14-16/h5-9,11-12,14,23H,1-4,10,13H2,(H,21,24).